The molecule has 1 aromatic heterocycles. The Labute approximate surface area is 129 Å². The molecule has 1 atom stereocenters. The number of hydrogen-bond donors (Lipinski definition) is 1. The molecule has 0 aromatic carbocycles. The van der Waals surface area contributed by atoms with E-state index in [0.29, 0.717) is 6.04 Å². The van der Waals surface area contributed by atoms with Gasteiger partial charge < -0.3 is 10.2 Å². The second-order valence-corrected chi connectivity index (χ2v) is 6.99. The van der Waals surface area contributed by atoms with E-state index < -0.39 is 0 Å². The number of rotatable bonds is 5. The predicted octanol–water partition coefficient (Wildman–Crippen LogP) is 3.74. The molecule has 0 bridgehead atoms. The van der Waals surface area contributed by atoms with Crippen LogP contribution in [0.25, 0.3) is 0 Å². The summed E-state index contributed by atoms with van der Waals surface area (Å²) in [7, 11) is 0. The van der Waals surface area contributed by atoms with Crippen LogP contribution in [0.4, 0.5) is 5.69 Å². The molecule has 1 saturated heterocycles. The summed E-state index contributed by atoms with van der Waals surface area (Å²) < 4.78 is 0. The minimum absolute atomic E-state index is 0.516. The van der Waals surface area contributed by atoms with E-state index >= 15 is 0 Å². The van der Waals surface area contributed by atoms with Crippen LogP contribution in [0.3, 0.4) is 0 Å². The lowest BCUT2D eigenvalue weighted by atomic mass is 9.95. The van der Waals surface area contributed by atoms with Gasteiger partial charge in [-0.3, -0.25) is 4.98 Å². The third kappa shape index (κ3) is 3.39. The Morgan fingerprint density at radius 2 is 2.05 bits per heavy atom. The molecule has 3 nitrogen and oxygen atoms in total. The molecule has 3 heteroatoms. The molecule has 1 aliphatic heterocycles. The Balaban J connectivity index is 1.78. The molecular formula is C18H29N3. The summed E-state index contributed by atoms with van der Waals surface area (Å²) in [5.74, 6) is 0.923. The molecule has 116 valence electrons. The van der Waals surface area contributed by atoms with E-state index in [1.54, 1.807) is 0 Å². The van der Waals surface area contributed by atoms with Gasteiger partial charge in [0.2, 0.25) is 0 Å². The molecule has 0 amide bonds. The van der Waals surface area contributed by atoms with Gasteiger partial charge in [0.1, 0.15) is 0 Å². The molecule has 1 unspecified atom stereocenters. The number of anilines is 1. The molecule has 21 heavy (non-hydrogen) atoms. The lowest BCUT2D eigenvalue weighted by molar-refractivity contribution is 0.430. The van der Waals surface area contributed by atoms with Gasteiger partial charge in [0.15, 0.2) is 0 Å². The fourth-order valence-electron chi connectivity index (χ4n) is 4.07. The number of pyridine rings is 1. The monoisotopic (exact) mass is 287 g/mol. The summed E-state index contributed by atoms with van der Waals surface area (Å²) in [6.07, 6.45) is 12.5. The highest BCUT2D eigenvalue weighted by molar-refractivity contribution is 5.54. The molecule has 1 aliphatic carbocycles. The number of nitrogens with one attached hydrogen (secondary N) is 1. The first-order chi connectivity index (χ1) is 10.3. The van der Waals surface area contributed by atoms with Gasteiger partial charge in [-0.2, -0.15) is 0 Å². The summed E-state index contributed by atoms with van der Waals surface area (Å²) in [6, 6.07) is 3.51. The van der Waals surface area contributed by atoms with Crippen LogP contribution < -0.4 is 10.2 Å². The molecular weight excluding hydrogens is 258 g/mol. The quantitative estimate of drug-likeness (QED) is 0.894. The van der Waals surface area contributed by atoms with Crippen molar-refractivity contribution in [2.75, 3.05) is 11.4 Å². The predicted molar refractivity (Wildman–Crippen MR) is 88.5 cm³/mol. The average molecular weight is 287 g/mol. The van der Waals surface area contributed by atoms with Crippen molar-refractivity contribution < 1.29 is 0 Å². The van der Waals surface area contributed by atoms with Crippen molar-refractivity contribution in [1.82, 2.24) is 10.3 Å². The normalized spacial score (nSPS) is 23.4. The molecule has 3 rings (SSSR count). The Morgan fingerprint density at radius 3 is 2.81 bits per heavy atom. The van der Waals surface area contributed by atoms with Crippen LogP contribution in [0, 0.1) is 5.92 Å². The SMILES string of the molecule is CC(C)NCc1cnccc1N1CCCC1C1CCCC1. The highest BCUT2D eigenvalue weighted by Crippen LogP contribution is 2.38. The largest absolute Gasteiger partial charge is 0.368 e. The maximum atomic E-state index is 4.35. The van der Waals surface area contributed by atoms with E-state index in [4.69, 9.17) is 0 Å². The van der Waals surface area contributed by atoms with E-state index in [1.165, 1.54) is 56.3 Å². The van der Waals surface area contributed by atoms with E-state index in [1.807, 2.05) is 6.20 Å². The first kappa shape index (κ1) is 14.8. The van der Waals surface area contributed by atoms with Crippen molar-refractivity contribution >= 4 is 5.69 Å². The van der Waals surface area contributed by atoms with Crippen molar-refractivity contribution in [1.29, 1.82) is 0 Å². The van der Waals surface area contributed by atoms with E-state index in [-0.39, 0.29) is 0 Å². The van der Waals surface area contributed by atoms with Gasteiger partial charge in [0, 0.05) is 48.8 Å². The highest BCUT2D eigenvalue weighted by Gasteiger charge is 2.34. The van der Waals surface area contributed by atoms with Gasteiger partial charge in [-0.05, 0) is 37.7 Å². The lowest BCUT2D eigenvalue weighted by Crippen LogP contribution is -2.36. The van der Waals surface area contributed by atoms with Crippen LogP contribution in [0.2, 0.25) is 0 Å². The van der Waals surface area contributed by atoms with Crippen LogP contribution in [0.15, 0.2) is 18.5 Å². The Hall–Kier alpha value is -1.09. The minimum atomic E-state index is 0.516. The summed E-state index contributed by atoms with van der Waals surface area (Å²) >= 11 is 0. The van der Waals surface area contributed by atoms with Gasteiger partial charge in [-0.25, -0.2) is 0 Å². The van der Waals surface area contributed by atoms with Gasteiger partial charge in [0.05, 0.1) is 0 Å². The van der Waals surface area contributed by atoms with Crippen LogP contribution in [0.1, 0.15) is 57.9 Å². The van der Waals surface area contributed by atoms with Crippen LogP contribution in [-0.2, 0) is 6.54 Å². The fourth-order valence-corrected chi connectivity index (χ4v) is 4.07. The summed E-state index contributed by atoms with van der Waals surface area (Å²) in [6.45, 7) is 6.55. The maximum absolute atomic E-state index is 4.35. The Bertz CT molecular complexity index is 452. The zero-order valence-corrected chi connectivity index (χ0v) is 13.5. The van der Waals surface area contributed by atoms with E-state index in [2.05, 4.69) is 41.3 Å². The van der Waals surface area contributed by atoms with Gasteiger partial charge in [0.25, 0.3) is 0 Å². The molecule has 2 aliphatic rings. The minimum Gasteiger partial charge on any atom is -0.368 e. The third-order valence-electron chi connectivity index (χ3n) is 5.13. The fraction of sp³-hybridized carbons (Fsp3) is 0.722. The van der Waals surface area contributed by atoms with Crippen molar-refractivity contribution in [2.24, 2.45) is 5.92 Å². The molecule has 0 radical (unpaired) electrons. The molecule has 2 heterocycles. The average Bonchev–Trinajstić information content (AvgIpc) is 3.15. The molecule has 1 aromatic rings. The van der Waals surface area contributed by atoms with Gasteiger partial charge in [-0.15, -0.1) is 0 Å². The zero-order chi connectivity index (χ0) is 14.7. The first-order valence-electron chi connectivity index (χ1n) is 8.68. The lowest BCUT2D eigenvalue weighted by Gasteiger charge is -2.32. The molecule has 1 N–H and O–H groups in total. The highest BCUT2D eigenvalue weighted by atomic mass is 15.2. The smallest absolute Gasteiger partial charge is 0.0445 e. The van der Waals surface area contributed by atoms with E-state index in [0.717, 1.165) is 18.5 Å². The summed E-state index contributed by atoms with van der Waals surface area (Å²) in [5, 5.41) is 3.54. The Kier molecular flexibility index (Phi) is 4.79. The molecule has 1 saturated carbocycles. The molecule has 0 spiro atoms. The van der Waals surface area contributed by atoms with Crippen LogP contribution in [0.5, 0.6) is 0 Å². The summed E-state index contributed by atoms with van der Waals surface area (Å²) in [5.41, 5.74) is 2.78. The van der Waals surface area contributed by atoms with Crippen LogP contribution in [-0.4, -0.2) is 23.6 Å². The van der Waals surface area contributed by atoms with Crippen molar-refractivity contribution in [2.45, 2.75) is 71.0 Å². The van der Waals surface area contributed by atoms with Gasteiger partial charge >= 0.3 is 0 Å². The van der Waals surface area contributed by atoms with Gasteiger partial charge in [-0.1, -0.05) is 26.7 Å². The second kappa shape index (κ2) is 6.78. The number of nitrogens with zero attached hydrogens (tertiary/aromatic N) is 2. The topological polar surface area (TPSA) is 28.2 Å². The number of aromatic nitrogens is 1. The van der Waals surface area contributed by atoms with Crippen LogP contribution >= 0.6 is 0 Å². The second-order valence-electron chi connectivity index (χ2n) is 6.99. The van der Waals surface area contributed by atoms with Crippen molar-refractivity contribution in [3.63, 3.8) is 0 Å². The standard InChI is InChI=1S/C18H29N3/c1-14(2)20-13-16-12-19-10-9-18(16)21-11-5-8-17(21)15-6-3-4-7-15/h9-10,12,14-15,17,20H,3-8,11,13H2,1-2H3. The maximum Gasteiger partial charge on any atom is 0.0445 e. The number of hydrogen-bond acceptors (Lipinski definition) is 3. The summed E-state index contributed by atoms with van der Waals surface area (Å²) in [4.78, 5) is 7.04. The van der Waals surface area contributed by atoms with Crippen molar-refractivity contribution in [3.05, 3.63) is 24.0 Å². The zero-order valence-electron chi connectivity index (χ0n) is 13.5. The third-order valence-corrected chi connectivity index (χ3v) is 5.13. The first-order valence-corrected chi connectivity index (χ1v) is 8.68. The Morgan fingerprint density at radius 1 is 1.24 bits per heavy atom. The molecule has 2 fully saturated rings. The van der Waals surface area contributed by atoms with Crippen molar-refractivity contribution in [3.8, 4) is 0 Å². The van der Waals surface area contributed by atoms with E-state index in [9.17, 15) is 0 Å².